The van der Waals surface area contributed by atoms with Gasteiger partial charge < -0.3 is 15.3 Å². The molecule has 0 bridgehead atoms. The summed E-state index contributed by atoms with van der Waals surface area (Å²) in [4.78, 5) is 1.85. The Morgan fingerprint density at radius 2 is 1.50 bits per heavy atom. The van der Waals surface area contributed by atoms with Crippen LogP contribution in [0, 0.1) is 0 Å². The maximum Gasteiger partial charge on any atom is 0.394 e. The van der Waals surface area contributed by atoms with Gasteiger partial charge in [-0.25, -0.2) is 0 Å². The Bertz CT molecular complexity index is 279. The average Bonchev–Trinajstić information content (AvgIpc) is 2.23. The van der Waals surface area contributed by atoms with Gasteiger partial charge in [-0.05, 0) is 6.42 Å². The smallest absolute Gasteiger partial charge is 0.394 e. The van der Waals surface area contributed by atoms with Gasteiger partial charge in [0.1, 0.15) is 0 Å². The molecule has 0 spiro atoms. The Hall–Kier alpha value is -0.550. The zero-order valence-corrected chi connectivity index (χ0v) is 10.8. The molecule has 1 atom stereocenters. The first kappa shape index (κ1) is 19.8. The van der Waals surface area contributed by atoms with Crippen molar-refractivity contribution >= 4 is 10.4 Å². The number of aliphatic hydroxyl groups is 3. The largest absolute Gasteiger partial charge is 0.395 e. The lowest BCUT2D eigenvalue weighted by Crippen LogP contribution is -2.41. The van der Waals surface area contributed by atoms with Gasteiger partial charge in [0.05, 0.1) is 19.8 Å². The van der Waals surface area contributed by atoms with Crippen LogP contribution in [-0.4, -0.2) is 76.7 Å². The molecular formula is C9H21NO7S. The lowest BCUT2D eigenvalue weighted by atomic mass is 10.2. The molecule has 0 aromatic carbocycles. The van der Waals surface area contributed by atoms with Gasteiger partial charge >= 0.3 is 10.4 Å². The van der Waals surface area contributed by atoms with Crippen LogP contribution in [0.5, 0.6) is 0 Å². The Balaban J connectivity index is 0. The van der Waals surface area contributed by atoms with Gasteiger partial charge in [0.2, 0.25) is 0 Å². The van der Waals surface area contributed by atoms with Crippen LogP contribution in [-0.2, 0) is 10.4 Å². The summed E-state index contributed by atoms with van der Waals surface area (Å²) in [6.45, 7) is 4.62. The van der Waals surface area contributed by atoms with Gasteiger partial charge in [-0.1, -0.05) is 6.08 Å². The molecule has 0 aliphatic carbocycles. The minimum absolute atomic E-state index is 0.0199. The number of nitrogens with zero attached hydrogens (tertiary/aromatic N) is 1. The number of hydrogen-bond donors (Lipinski definition) is 5. The van der Waals surface area contributed by atoms with E-state index in [0.717, 1.165) is 0 Å². The molecule has 110 valence electrons. The number of hydrogen-bond acceptors (Lipinski definition) is 6. The van der Waals surface area contributed by atoms with Crippen molar-refractivity contribution in [3.63, 3.8) is 0 Å². The van der Waals surface area contributed by atoms with Gasteiger partial charge in [-0.3, -0.25) is 14.0 Å². The van der Waals surface area contributed by atoms with Crippen molar-refractivity contribution in [1.29, 1.82) is 0 Å². The third-order valence-electron chi connectivity index (χ3n) is 1.94. The molecule has 0 saturated carbocycles. The molecule has 18 heavy (non-hydrogen) atoms. The SMILES string of the molecule is C=CCC(CO)N(CCO)CCO.O=S(=O)(O)O. The zero-order chi connectivity index (χ0) is 14.6. The highest BCUT2D eigenvalue weighted by atomic mass is 32.3. The van der Waals surface area contributed by atoms with Crippen molar-refractivity contribution in [3.05, 3.63) is 12.7 Å². The summed E-state index contributed by atoms with van der Waals surface area (Å²) < 4.78 is 31.6. The summed E-state index contributed by atoms with van der Waals surface area (Å²) >= 11 is 0. The highest BCUT2D eigenvalue weighted by Crippen LogP contribution is 2.03. The standard InChI is InChI=1S/C9H19NO3.H2O4S/c1-2-3-9(8-13)10(4-6-11)5-7-12;1-5(2,3)4/h2,9,11-13H,1,3-8H2;(H2,1,2,3,4). The lowest BCUT2D eigenvalue weighted by molar-refractivity contribution is 0.0854. The van der Waals surface area contributed by atoms with E-state index in [0.29, 0.717) is 19.5 Å². The molecule has 0 aliphatic heterocycles. The molecule has 0 fully saturated rings. The Morgan fingerprint density at radius 3 is 1.72 bits per heavy atom. The molecule has 5 N–H and O–H groups in total. The Kier molecular flexibility index (Phi) is 12.7. The summed E-state index contributed by atoms with van der Waals surface area (Å²) in [7, 11) is -4.67. The van der Waals surface area contributed by atoms with Crippen LogP contribution in [0.25, 0.3) is 0 Å². The van der Waals surface area contributed by atoms with Crippen LogP contribution < -0.4 is 0 Å². The number of aliphatic hydroxyl groups excluding tert-OH is 3. The highest BCUT2D eigenvalue weighted by molar-refractivity contribution is 7.79. The van der Waals surface area contributed by atoms with Crippen LogP contribution >= 0.6 is 0 Å². The van der Waals surface area contributed by atoms with Crippen LogP contribution in [0.3, 0.4) is 0 Å². The second kappa shape index (κ2) is 11.5. The van der Waals surface area contributed by atoms with Gasteiger partial charge in [0, 0.05) is 19.1 Å². The quantitative estimate of drug-likeness (QED) is 0.270. The minimum atomic E-state index is -4.67. The summed E-state index contributed by atoms with van der Waals surface area (Å²) in [6.07, 6.45) is 2.39. The van der Waals surface area contributed by atoms with Crippen LogP contribution in [0.1, 0.15) is 6.42 Å². The first-order chi connectivity index (χ1) is 8.29. The van der Waals surface area contributed by atoms with E-state index in [1.165, 1.54) is 0 Å². The summed E-state index contributed by atoms with van der Waals surface area (Å²) in [6, 6.07) is -0.0446. The fourth-order valence-corrected chi connectivity index (χ4v) is 1.27. The maximum absolute atomic E-state index is 9.03. The highest BCUT2D eigenvalue weighted by Gasteiger charge is 2.14. The monoisotopic (exact) mass is 287 g/mol. The van der Waals surface area contributed by atoms with Gasteiger partial charge in [-0.15, -0.1) is 6.58 Å². The topological polar surface area (TPSA) is 139 Å². The van der Waals surface area contributed by atoms with Gasteiger partial charge in [-0.2, -0.15) is 8.42 Å². The van der Waals surface area contributed by atoms with E-state index in [1.807, 2.05) is 4.90 Å². The van der Waals surface area contributed by atoms with Crippen molar-refractivity contribution in [2.24, 2.45) is 0 Å². The molecule has 9 heteroatoms. The lowest BCUT2D eigenvalue weighted by Gasteiger charge is -2.28. The molecule has 0 amide bonds. The van der Waals surface area contributed by atoms with Gasteiger partial charge in [0.15, 0.2) is 0 Å². The minimum Gasteiger partial charge on any atom is -0.395 e. The van der Waals surface area contributed by atoms with E-state index >= 15 is 0 Å². The van der Waals surface area contributed by atoms with E-state index < -0.39 is 10.4 Å². The third kappa shape index (κ3) is 15.4. The van der Waals surface area contributed by atoms with E-state index in [-0.39, 0.29) is 25.9 Å². The van der Waals surface area contributed by atoms with E-state index in [2.05, 4.69) is 6.58 Å². The third-order valence-corrected chi connectivity index (χ3v) is 1.94. The summed E-state index contributed by atoms with van der Waals surface area (Å²) in [5.74, 6) is 0. The molecule has 0 saturated heterocycles. The molecule has 0 aromatic rings. The van der Waals surface area contributed by atoms with Crippen LogP contribution in [0.4, 0.5) is 0 Å². The second-order valence-corrected chi connectivity index (χ2v) is 4.19. The molecule has 0 radical (unpaired) electrons. The van der Waals surface area contributed by atoms with Crippen molar-refractivity contribution in [2.45, 2.75) is 12.5 Å². The van der Waals surface area contributed by atoms with Gasteiger partial charge in [0.25, 0.3) is 0 Å². The average molecular weight is 287 g/mol. The molecule has 0 aromatic heterocycles. The molecule has 0 heterocycles. The first-order valence-electron chi connectivity index (χ1n) is 5.17. The van der Waals surface area contributed by atoms with Crippen molar-refractivity contribution in [3.8, 4) is 0 Å². The van der Waals surface area contributed by atoms with Crippen LogP contribution in [0.2, 0.25) is 0 Å². The maximum atomic E-state index is 9.03. The van der Waals surface area contributed by atoms with Crippen molar-refractivity contribution < 1.29 is 32.8 Å². The predicted molar refractivity (Wildman–Crippen MR) is 65.6 cm³/mol. The van der Waals surface area contributed by atoms with E-state index in [1.54, 1.807) is 6.08 Å². The molecule has 0 aliphatic rings. The second-order valence-electron chi connectivity index (χ2n) is 3.29. The molecule has 1 unspecified atom stereocenters. The molecule has 0 rings (SSSR count). The first-order valence-corrected chi connectivity index (χ1v) is 6.57. The molecular weight excluding hydrogens is 266 g/mol. The fraction of sp³-hybridized carbons (Fsp3) is 0.778. The van der Waals surface area contributed by atoms with Crippen molar-refractivity contribution in [2.75, 3.05) is 32.9 Å². The Morgan fingerprint density at radius 1 is 1.11 bits per heavy atom. The molecule has 8 nitrogen and oxygen atoms in total. The normalized spacial score (nSPS) is 12.8. The van der Waals surface area contributed by atoms with E-state index in [4.69, 9.17) is 32.8 Å². The Labute approximate surface area is 107 Å². The summed E-state index contributed by atoms with van der Waals surface area (Å²) in [5.41, 5.74) is 0. The summed E-state index contributed by atoms with van der Waals surface area (Å²) in [5, 5.41) is 26.5. The number of rotatable bonds is 8. The van der Waals surface area contributed by atoms with Crippen LogP contribution in [0.15, 0.2) is 12.7 Å². The fourth-order valence-electron chi connectivity index (χ4n) is 1.27. The predicted octanol–water partition coefficient (Wildman–Crippen LogP) is -1.44. The zero-order valence-electron chi connectivity index (χ0n) is 10.0. The van der Waals surface area contributed by atoms with Crippen molar-refractivity contribution in [1.82, 2.24) is 4.90 Å². The van der Waals surface area contributed by atoms with E-state index in [9.17, 15) is 0 Å².